The maximum absolute atomic E-state index is 12.2. The van der Waals surface area contributed by atoms with Crippen LogP contribution in [0, 0.1) is 0 Å². The standard InChI is InChI=1S/C14H25ClN2O3/c1-14(2,3)20-13(19)17-8-6-5-7-11(17)10-16(4)12(18)9-15/h11H,5-10H2,1-4H3/t11-/m1/s1. The summed E-state index contributed by atoms with van der Waals surface area (Å²) >= 11 is 5.55. The van der Waals surface area contributed by atoms with Crippen LogP contribution in [-0.4, -0.2) is 59.5 Å². The second-order valence-corrected chi connectivity index (χ2v) is 6.50. The van der Waals surface area contributed by atoms with E-state index in [2.05, 4.69) is 0 Å². The quantitative estimate of drug-likeness (QED) is 0.753. The molecule has 0 aromatic rings. The van der Waals surface area contributed by atoms with Gasteiger partial charge in [-0.3, -0.25) is 4.79 Å². The first-order chi connectivity index (χ1) is 9.24. The van der Waals surface area contributed by atoms with Crippen LogP contribution >= 0.6 is 11.6 Å². The van der Waals surface area contributed by atoms with Crippen molar-refractivity contribution >= 4 is 23.6 Å². The topological polar surface area (TPSA) is 49.9 Å². The highest BCUT2D eigenvalue weighted by atomic mass is 35.5. The van der Waals surface area contributed by atoms with Gasteiger partial charge in [0.25, 0.3) is 0 Å². The lowest BCUT2D eigenvalue weighted by molar-refractivity contribution is -0.128. The summed E-state index contributed by atoms with van der Waals surface area (Å²) in [6.45, 7) is 6.75. The number of likely N-dealkylation sites (N-methyl/N-ethyl adjacent to an activating group) is 1. The molecule has 6 heteroatoms. The summed E-state index contributed by atoms with van der Waals surface area (Å²) in [6.07, 6.45) is 2.63. The number of carbonyl (C=O) groups excluding carboxylic acids is 2. The molecule has 116 valence electrons. The van der Waals surface area contributed by atoms with E-state index >= 15 is 0 Å². The van der Waals surface area contributed by atoms with Gasteiger partial charge in [0.15, 0.2) is 0 Å². The van der Waals surface area contributed by atoms with Gasteiger partial charge in [0.05, 0.1) is 6.04 Å². The van der Waals surface area contributed by atoms with Gasteiger partial charge in [0.2, 0.25) is 5.91 Å². The van der Waals surface area contributed by atoms with Crippen LogP contribution in [0.25, 0.3) is 0 Å². The average Bonchev–Trinajstić information content (AvgIpc) is 2.36. The Morgan fingerprint density at radius 3 is 2.55 bits per heavy atom. The third-order valence-electron chi connectivity index (χ3n) is 3.28. The second kappa shape index (κ2) is 7.16. The first kappa shape index (κ1) is 17.1. The van der Waals surface area contributed by atoms with E-state index in [9.17, 15) is 9.59 Å². The van der Waals surface area contributed by atoms with Crippen LogP contribution in [0.2, 0.25) is 0 Å². The Balaban J connectivity index is 2.67. The minimum atomic E-state index is -0.503. The summed E-state index contributed by atoms with van der Waals surface area (Å²) < 4.78 is 5.43. The number of hydrogen-bond acceptors (Lipinski definition) is 3. The Hall–Kier alpha value is -0.970. The Bertz CT molecular complexity index is 355. The molecule has 0 unspecified atom stereocenters. The number of halogens is 1. The van der Waals surface area contributed by atoms with Gasteiger partial charge in [0, 0.05) is 20.1 Å². The molecule has 0 spiro atoms. The van der Waals surface area contributed by atoms with Crippen molar-refractivity contribution in [2.75, 3.05) is 26.0 Å². The summed E-state index contributed by atoms with van der Waals surface area (Å²) in [6, 6.07) is 0.00997. The molecule has 0 saturated carbocycles. The first-order valence-electron chi connectivity index (χ1n) is 7.04. The van der Waals surface area contributed by atoms with Gasteiger partial charge in [-0.25, -0.2) is 4.79 Å². The number of piperidine rings is 1. The molecule has 1 rings (SSSR count). The van der Waals surface area contributed by atoms with Crippen LogP contribution in [-0.2, 0) is 9.53 Å². The molecule has 20 heavy (non-hydrogen) atoms. The van der Waals surface area contributed by atoms with Gasteiger partial charge in [-0.2, -0.15) is 0 Å². The van der Waals surface area contributed by atoms with E-state index in [-0.39, 0.29) is 23.9 Å². The lowest BCUT2D eigenvalue weighted by Gasteiger charge is -2.38. The highest BCUT2D eigenvalue weighted by molar-refractivity contribution is 6.27. The fraction of sp³-hybridized carbons (Fsp3) is 0.857. The van der Waals surface area contributed by atoms with E-state index < -0.39 is 5.60 Å². The number of carbonyl (C=O) groups is 2. The third-order valence-corrected chi connectivity index (χ3v) is 3.51. The van der Waals surface area contributed by atoms with Crippen molar-refractivity contribution in [2.45, 2.75) is 51.7 Å². The predicted molar refractivity (Wildman–Crippen MR) is 78.9 cm³/mol. The predicted octanol–water partition coefficient (Wildman–Crippen LogP) is 2.47. The number of hydrogen-bond donors (Lipinski definition) is 0. The Kier molecular flexibility index (Phi) is 6.11. The fourth-order valence-electron chi connectivity index (χ4n) is 2.27. The molecule has 1 saturated heterocycles. The number of alkyl halides is 1. The number of amides is 2. The van der Waals surface area contributed by atoms with Crippen molar-refractivity contribution in [1.29, 1.82) is 0 Å². The van der Waals surface area contributed by atoms with Crippen LogP contribution in [0.3, 0.4) is 0 Å². The van der Waals surface area contributed by atoms with Crippen molar-refractivity contribution in [1.82, 2.24) is 9.80 Å². The smallest absolute Gasteiger partial charge is 0.410 e. The summed E-state index contributed by atoms with van der Waals surface area (Å²) in [4.78, 5) is 27.1. The molecule has 5 nitrogen and oxygen atoms in total. The molecule has 0 radical (unpaired) electrons. The summed E-state index contributed by atoms with van der Waals surface area (Å²) in [5, 5.41) is 0. The zero-order chi connectivity index (χ0) is 15.3. The van der Waals surface area contributed by atoms with Gasteiger partial charge in [-0.05, 0) is 40.0 Å². The molecule has 0 aliphatic carbocycles. The van der Waals surface area contributed by atoms with Gasteiger partial charge in [-0.15, -0.1) is 11.6 Å². The molecule has 0 aromatic heterocycles. The van der Waals surface area contributed by atoms with Crippen molar-refractivity contribution < 1.29 is 14.3 Å². The SMILES string of the molecule is CN(C[C@H]1CCCCN1C(=O)OC(C)(C)C)C(=O)CCl. The maximum Gasteiger partial charge on any atom is 0.410 e. The normalized spacial score (nSPS) is 19.6. The minimum absolute atomic E-state index is 0.00997. The highest BCUT2D eigenvalue weighted by Crippen LogP contribution is 2.21. The van der Waals surface area contributed by atoms with Crippen molar-refractivity contribution in [3.63, 3.8) is 0 Å². The van der Waals surface area contributed by atoms with E-state index in [0.717, 1.165) is 19.3 Å². The van der Waals surface area contributed by atoms with Crippen LogP contribution in [0.5, 0.6) is 0 Å². The van der Waals surface area contributed by atoms with Gasteiger partial charge >= 0.3 is 6.09 Å². The van der Waals surface area contributed by atoms with Crippen LogP contribution in [0.15, 0.2) is 0 Å². The number of nitrogens with zero attached hydrogens (tertiary/aromatic N) is 2. The Morgan fingerprint density at radius 2 is 2.00 bits per heavy atom. The molecule has 1 heterocycles. The third kappa shape index (κ3) is 5.19. The second-order valence-electron chi connectivity index (χ2n) is 6.23. The van der Waals surface area contributed by atoms with Crippen LogP contribution < -0.4 is 0 Å². The van der Waals surface area contributed by atoms with E-state index in [4.69, 9.17) is 16.3 Å². The van der Waals surface area contributed by atoms with Gasteiger partial charge in [0.1, 0.15) is 11.5 Å². The highest BCUT2D eigenvalue weighted by Gasteiger charge is 2.31. The fourth-order valence-corrected chi connectivity index (χ4v) is 2.48. The number of ether oxygens (including phenoxy) is 1. The summed E-state index contributed by atoms with van der Waals surface area (Å²) in [7, 11) is 1.71. The van der Waals surface area contributed by atoms with Crippen LogP contribution in [0.4, 0.5) is 4.79 Å². The van der Waals surface area contributed by atoms with Crippen molar-refractivity contribution in [3.8, 4) is 0 Å². The number of likely N-dealkylation sites (tertiary alicyclic amines) is 1. The zero-order valence-electron chi connectivity index (χ0n) is 12.8. The summed E-state index contributed by atoms with van der Waals surface area (Å²) in [5.74, 6) is -0.156. The first-order valence-corrected chi connectivity index (χ1v) is 7.57. The minimum Gasteiger partial charge on any atom is -0.444 e. The molecule has 2 amide bonds. The van der Waals surface area contributed by atoms with Crippen LogP contribution in [0.1, 0.15) is 40.0 Å². The molecule has 1 fully saturated rings. The average molecular weight is 305 g/mol. The molecule has 1 aliphatic rings. The monoisotopic (exact) mass is 304 g/mol. The molecular weight excluding hydrogens is 280 g/mol. The summed E-state index contributed by atoms with van der Waals surface area (Å²) in [5.41, 5.74) is -0.503. The van der Waals surface area contributed by atoms with Crippen molar-refractivity contribution in [2.24, 2.45) is 0 Å². The van der Waals surface area contributed by atoms with E-state index in [1.165, 1.54) is 0 Å². The van der Waals surface area contributed by atoms with Crippen molar-refractivity contribution in [3.05, 3.63) is 0 Å². The largest absolute Gasteiger partial charge is 0.444 e. The Morgan fingerprint density at radius 1 is 1.35 bits per heavy atom. The molecular formula is C14H25ClN2O3. The molecule has 0 N–H and O–H groups in total. The van der Waals surface area contributed by atoms with Gasteiger partial charge < -0.3 is 14.5 Å². The maximum atomic E-state index is 12.2. The van der Waals surface area contributed by atoms with Gasteiger partial charge in [-0.1, -0.05) is 0 Å². The Labute approximate surface area is 126 Å². The lowest BCUT2D eigenvalue weighted by atomic mass is 10.0. The van der Waals surface area contributed by atoms with E-state index in [1.54, 1.807) is 16.8 Å². The molecule has 0 aromatic carbocycles. The molecule has 1 aliphatic heterocycles. The zero-order valence-corrected chi connectivity index (χ0v) is 13.6. The molecule has 1 atom stereocenters. The lowest BCUT2D eigenvalue weighted by Crippen LogP contribution is -2.51. The van der Waals surface area contributed by atoms with E-state index in [0.29, 0.717) is 13.1 Å². The molecule has 0 bridgehead atoms. The van der Waals surface area contributed by atoms with E-state index in [1.807, 2.05) is 20.8 Å². The number of rotatable bonds is 3.